The van der Waals surface area contributed by atoms with Crippen LogP contribution < -0.4 is 5.43 Å². The fourth-order valence-corrected chi connectivity index (χ4v) is 2.32. The monoisotopic (exact) mass is 376 g/mol. The van der Waals surface area contributed by atoms with E-state index in [9.17, 15) is 13.2 Å². The van der Waals surface area contributed by atoms with E-state index in [0.29, 0.717) is 16.1 Å². The van der Waals surface area contributed by atoms with Crippen LogP contribution in [0.4, 0.5) is 19.0 Å². The van der Waals surface area contributed by atoms with Gasteiger partial charge < -0.3 is 0 Å². The van der Waals surface area contributed by atoms with E-state index in [-0.39, 0.29) is 11.6 Å². The zero-order valence-corrected chi connectivity index (χ0v) is 14.0. The molecule has 8 heteroatoms. The van der Waals surface area contributed by atoms with E-state index in [1.807, 2.05) is 0 Å². The van der Waals surface area contributed by atoms with Crippen LogP contribution in [0.5, 0.6) is 0 Å². The summed E-state index contributed by atoms with van der Waals surface area (Å²) in [7, 11) is 0. The van der Waals surface area contributed by atoms with Crippen LogP contribution in [0.1, 0.15) is 11.3 Å². The molecule has 0 aliphatic carbocycles. The first-order chi connectivity index (χ1) is 12.4. The Morgan fingerprint density at radius 3 is 2.42 bits per heavy atom. The summed E-state index contributed by atoms with van der Waals surface area (Å²) in [4.78, 5) is 7.71. The minimum absolute atomic E-state index is 0.0409. The van der Waals surface area contributed by atoms with Crippen LogP contribution >= 0.6 is 11.6 Å². The van der Waals surface area contributed by atoms with Crippen LogP contribution in [0, 0.1) is 0 Å². The number of nitrogens with one attached hydrogen (secondary N) is 1. The largest absolute Gasteiger partial charge is 0.433 e. The molecule has 1 N–H and O–H groups in total. The van der Waals surface area contributed by atoms with Crippen molar-refractivity contribution in [2.75, 3.05) is 5.43 Å². The maximum Gasteiger partial charge on any atom is 0.433 e. The molecule has 0 aliphatic heterocycles. The quantitative estimate of drug-likeness (QED) is 0.499. The van der Waals surface area contributed by atoms with E-state index in [1.54, 1.807) is 54.6 Å². The predicted octanol–water partition coefficient (Wildman–Crippen LogP) is 5.26. The standard InChI is InChI=1S/C18H12ClF3N4/c19-14-8-4-5-12(9-14)11-23-26-16-10-15(18(20,21)22)24-17(25-16)13-6-2-1-3-7-13/h1-11H,(H,24,25,26)/b23-11+. The van der Waals surface area contributed by atoms with Crippen LogP contribution in [0.25, 0.3) is 11.4 Å². The van der Waals surface area contributed by atoms with Gasteiger partial charge >= 0.3 is 6.18 Å². The number of alkyl halides is 3. The summed E-state index contributed by atoms with van der Waals surface area (Å²) in [6.45, 7) is 0. The molecule has 0 saturated carbocycles. The topological polar surface area (TPSA) is 50.2 Å². The Balaban J connectivity index is 1.91. The van der Waals surface area contributed by atoms with Crippen LogP contribution in [-0.4, -0.2) is 16.2 Å². The molecule has 0 aliphatic rings. The van der Waals surface area contributed by atoms with Crippen molar-refractivity contribution in [3.8, 4) is 11.4 Å². The summed E-state index contributed by atoms with van der Waals surface area (Å²) >= 11 is 5.87. The van der Waals surface area contributed by atoms with Gasteiger partial charge in [0.05, 0.1) is 6.21 Å². The van der Waals surface area contributed by atoms with E-state index in [1.165, 1.54) is 6.21 Å². The van der Waals surface area contributed by atoms with E-state index in [0.717, 1.165) is 6.07 Å². The molecule has 0 fully saturated rings. The lowest BCUT2D eigenvalue weighted by Crippen LogP contribution is -2.11. The van der Waals surface area contributed by atoms with Crippen molar-refractivity contribution in [3.05, 3.63) is 76.9 Å². The van der Waals surface area contributed by atoms with Gasteiger partial charge in [-0.3, -0.25) is 5.43 Å². The highest BCUT2D eigenvalue weighted by molar-refractivity contribution is 6.30. The Morgan fingerprint density at radius 2 is 1.73 bits per heavy atom. The molecule has 132 valence electrons. The number of halogens is 4. The molecule has 0 atom stereocenters. The Kier molecular flexibility index (Phi) is 5.18. The molecule has 2 aromatic carbocycles. The lowest BCUT2D eigenvalue weighted by Gasteiger charge is -2.10. The van der Waals surface area contributed by atoms with Gasteiger partial charge in [0, 0.05) is 16.7 Å². The van der Waals surface area contributed by atoms with Gasteiger partial charge in [0.2, 0.25) is 0 Å². The molecule has 1 aromatic heterocycles. The second-order valence-corrected chi connectivity index (χ2v) is 5.69. The molecule has 0 spiro atoms. The molecule has 0 amide bonds. The van der Waals surface area contributed by atoms with Gasteiger partial charge in [-0.2, -0.15) is 18.3 Å². The molecule has 0 bridgehead atoms. The molecule has 0 radical (unpaired) electrons. The highest BCUT2D eigenvalue weighted by atomic mass is 35.5. The predicted molar refractivity (Wildman–Crippen MR) is 95.1 cm³/mol. The minimum Gasteiger partial charge on any atom is -0.261 e. The molecular formula is C18H12ClF3N4. The fraction of sp³-hybridized carbons (Fsp3) is 0.0556. The highest BCUT2D eigenvalue weighted by Crippen LogP contribution is 2.30. The van der Waals surface area contributed by atoms with Gasteiger partial charge in [0.1, 0.15) is 0 Å². The zero-order valence-electron chi connectivity index (χ0n) is 13.2. The van der Waals surface area contributed by atoms with Crippen molar-refractivity contribution in [2.45, 2.75) is 6.18 Å². The fourth-order valence-electron chi connectivity index (χ4n) is 2.13. The van der Waals surface area contributed by atoms with Crippen molar-refractivity contribution in [3.63, 3.8) is 0 Å². The van der Waals surface area contributed by atoms with Gasteiger partial charge in [0.25, 0.3) is 0 Å². The van der Waals surface area contributed by atoms with Gasteiger partial charge in [-0.15, -0.1) is 0 Å². The van der Waals surface area contributed by atoms with Crippen LogP contribution in [0.2, 0.25) is 5.02 Å². The van der Waals surface area contributed by atoms with Crippen LogP contribution in [0.3, 0.4) is 0 Å². The molecule has 4 nitrogen and oxygen atoms in total. The summed E-state index contributed by atoms with van der Waals surface area (Å²) in [5.74, 6) is -0.106. The molecule has 0 unspecified atom stereocenters. The number of benzene rings is 2. The lowest BCUT2D eigenvalue weighted by molar-refractivity contribution is -0.141. The normalized spacial score (nSPS) is 11.7. The van der Waals surface area contributed by atoms with Crippen molar-refractivity contribution < 1.29 is 13.2 Å². The number of aromatic nitrogens is 2. The first kappa shape index (κ1) is 17.9. The second kappa shape index (κ2) is 7.53. The number of anilines is 1. The third kappa shape index (κ3) is 4.58. The Hall–Kier alpha value is -2.93. The summed E-state index contributed by atoms with van der Waals surface area (Å²) in [6.07, 6.45) is -3.16. The Labute approximate surface area is 152 Å². The van der Waals surface area contributed by atoms with E-state index >= 15 is 0 Å². The van der Waals surface area contributed by atoms with Gasteiger partial charge in [-0.05, 0) is 17.7 Å². The van der Waals surface area contributed by atoms with Crippen LogP contribution in [0.15, 0.2) is 65.8 Å². The summed E-state index contributed by atoms with van der Waals surface area (Å²) in [5, 5.41) is 4.45. The molecule has 1 heterocycles. The number of nitrogens with zero attached hydrogens (tertiary/aromatic N) is 3. The average molecular weight is 377 g/mol. The second-order valence-electron chi connectivity index (χ2n) is 5.25. The highest BCUT2D eigenvalue weighted by Gasteiger charge is 2.33. The smallest absolute Gasteiger partial charge is 0.261 e. The van der Waals surface area contributed by atoms with Gasteiger partial charge in [-0.1, -0.05) is 54.1 Å². The van der Waals surface area contributed by atoms with Crippen molar-refractivity contribution in [2.24, 2.45) is 5.10 Å². The maximum atomic E-state index is 13.1. The van der Waals surface area contributed by atoms with Crippen molar-refractivity contribution >= 4 is 23.6 Å². The average Bonchev–Trinajstić information content (AvgIpc) is 2.62. The number of rotatable bonds is 4. The van der Waals surface area contributed by atoms with E-state index in [2.05, 4.69) is 20.5 Å². The van der Waals surface area contributed by atoms with Gasteiger partial charge in [-0.25, -0.2) is 9.97 Å². The van der Waals surface area contributed by atoms with E-state index < -0.39 is 11.9 Å². The third-order valence-corrected chi connectivity index (χ3v) is 3.53. The summed E-state index contributed by atoms with van der Waals surface area (Å²) < 4.78 is 39.4. The molecule has 3 rings (SSSR count). The Morgan fingerprint density at radius 1 is 0.962 bits per heavy atom. The Bertz CT molecular complexity index is 927. The summed E-state index contributed by atoms with van der Waals surface area (Å²) in [5.41, 5.74) is 2.63. The molecule has 26 heavy (non-hydrogen) atoms. The van der Waals surface area contributed by atoms with Crippen molar-refractivity contribution in [1.29, 1.82) is 0 Å². The van der Waals surface area contributed by atoms with Crippen molar-refractivity contribution in [1.82, 2.24) is 9.97 Å². The number of hydrogen-bond donors (Lipinski definition) is 1. The SMILES string of the molecule is FC(F)(F)c1cc(N/N=C/c2cccc(Cl)c2)nc(-c2ccccc2)n1. The first-order valence-corrected chi connectivity index (χ1v) is 7.86. The molecule has 0 saturated heterocycles. The third-order valence-electron chi connectivity index (χ3n) is 3.29. The zero-order chi connectivity index (χ0) is 18.6. The summed E-state index contributed by atoms with van der Waals surface area (Å²) in [6, 6.07) is 16.1. The van der Waals surface area contributed by atoms with Crippen LogP contribution in [-0.2, 0) is 6.18 Å². The number of hydrazone groups is 1. The van der Waals surface area contributed by atoms with Gasteiger partial charge in [0.15, 0.2) is 17.3 Å². The van der Waals surface area contributed by atoms with E-state index in [4.69, 9.17) is 11.6 Å². The minimum atomic E-state index is -4.60. The number of hydrogen-bond acceptors (Lipinski definition) is 4. The first-order valence-electron chi connectivity index (χ1n) is 7.48. The lowest BCUT2D eigenvalue weighted by atomic mass is 10.2. The molecular weight excluding hydrogens is 365 g/mol. The maximum absolute atomic E-state index is 13.1. The molecule has 3 aromatic rings.